The highest BCUT2D eigenvalue weighted by Crippen LogP contribution is 2.63. The number of nitrogens with zero attached hydrogens (tertiary/aromatic N) is 2. The fourth-order valence-electron chi connectivity index (χ4n) is 7.19. The SMILES string of the molecule is COC(=O)N1C(=O)C2CC=C3C(CC4C(=O)N(c5ccccc5)C(=O)C4(C)C3c3cccc(O)c3)C2C1=O. The zero-order valence-corrected chi connectivity index (χ0v) is 20.9. The Labute approximate surface area is 218 Å². The van der Waals surface area contributed by atoms with E-state index in [4.69, 9.17) is 4.74 Å². The number of rotatable bonds is 2. The number of hydrogen-bond acceptors (Lipinski definition) is 7. The monoisotopic (exact) mass is 514 g/mol. The van der Waals surface area contributed by atoms with E-state index in [1.54, 1.807) is 55.5 Å². The lowest BCUT2D eigenvalue weighted by Crippen LogP contribution is -2.49. The molecule has 2 aliphatic carbocycles. The summed E-state index contributed by atoms with van der Waals surface area (Å²) in [7, 11) is 1.11. The van der Waals surface area contributed by atoms with E-state index in [0.717, 1.165) is 12.7 Å². The zero-order valence-electron chi connectivity index (χ0n) is 20.9. The van der Waals surface area contributed by atoms with Gasteiger partial charge >= 0.3 is 6.09 Å². The molecule has 0 radical (unpaired) electrons. The second kappa shape index (κ2) is 8.37. The number of amides is 5. The molecule has 2 aromatic carbocycles. The van der Waals surface area contributed by atoms with Crippen LogP contribution in [0.15, 0.2) is 66.2 Å². The summed E-state index contributed by atoms with van der Waals surface area (Å²) in [6, 6.07) is 15.3. The maximum Gasteiger partial charge on any atom is 0.423 e. The number of phenolic OH excluding ortho intramolecular Hbond substituents is 1. The van der Waals surface area contributed by atoms with Crippen LogP contribution in [0.1, 0.15) is 31.2 Å². The molecule has 5 amide bonds. The van der Waals surface area contributed by atoms with Crippen molar-refractivity contribution >= 4 is 35.4 Å². The Hall–Kier alpha value is -4.27. The van der Waals surface area contributed by atoms with Crippen molar-refractivity contribution < 1.29 is 33.8 Å². The Morgan fingerprint density at radius 3 is 2.39 bits per heavy atom. The third-order valence-corrected chi connectivity index (χ3v) is 8.85. The first-order chi connectivity index (χ1) is 18.2. The smallest absolute Gasteiger partial charge is 0.423 e. The van der Waals surface area contributed by atoms with E-state index < -0.39 is 52.9 Å². The molecule has 1 saturated carbocycles. The number of anilines is 1. The van der Waals surface area contributed by atoms with Crippen LogP contribution in [-0.4, -0.2) is 46.8 Å². The predicted molar refractivity (Wildman–Crippen MR) is 133 cm³/mol. The quantitative estimate of drug-likeness (QED) is 0.482. The molecule has 0 aromatic heterocycles. The van der Waals surface area contributed by atoms with Crippen LogP contribution in [0.5, 0.6) is 5.75 Å². The molecule has 6 unspecified atom stereocenters. The van der Waals surface area contributed by atoms with Gasteiger partial charge in [-0.1, -0.05) is 42.0 Å². The van der Waals surface area contributed by atoms with Gasteiger partial charge in [0.05, 0.1) is 36.0 Å². The van der Waals surface area contributed by atoms with Gasteiger partial charge in [0.25, 0.3) is 0 Å². The number of methoxy groups -OCH3 is 1. The number of fused-ring (bicyclic) bond motifs is 4. The van der Waals surface area contributed by atoms with Crippen LogP contribution in [0.3, 0.4) is 0 Å². The number of carbonyl (C=O) groups excluding carboxylic acids is 5. The van der Waals surface area contributed by atoms with Crippen molar-refractivity contribution in [3.8, 4) is 5.75 Å². The highest BCUT2D eigenvalue weighted by molar-refractivity contribution is 6.24. The molecule has 9 nitrogen and oxygen atoms in total. The van der Waals surface area contributed by atoms with Gasteiger partial charge in [0.15, 0.2) is 0 Å². The van der Waals surface area contributed by atoms with Gasteiger partial charge in [0.1, 0.15) is 5.75 Å². The Balaban J connectivity index is 1.52. The Kier molecular flexibility index (Phi) is 5.31. The van der Waals surface area contributed by atoms with E-state index in [1.807, 2.05) is 6.08 Å². The van der Waals surface area contributed by atoms with Crippen molar-refractivity contribution in [2.45, 2.75) is 25.7 Å². The van der Waals surface area contributed by atoms with Gasteiger partial charge in [-0.3, -0.25) is 19.2 Å². The Morgan fingerprint density at radius 1 is 0.974 bits per heavy atom. The molecule has 0 spiro atoms. The molecule has 9 heteroatoms. The molecule has 3 fully saturated rings. The van der Waals surface area contributed by atoms with Gasteiger partial charge in [0, 0.05) is 5.92 Å². The van der Waals surface area contributed by atoms with Gasteiger partial charge in [-0.05, 0) is 55.5 Å². The van der Waals surface area contributed by atoms with Gasteiger partial charge in [-0.15, -0.1) is 0 Å². The second-order valence-corrected chi connectivity index (χ2v) is 10.6. The van der Waals surface area contributed by atoms with Crippen molar-refractivity contribution in [1.82, 2.24) is 4.90 Å². The maximum absolute atomic E-state index is 14.2. The number of phenols is 1. The summed E-state index contributed by atoms with van der Waals surface area (Å²) in [6.45, 7) is 1.78. The van der Waals surface area contributed by atoms with Gasteiger partial charge in [-0.2, -0.15) is 4.90 Å². The maximum atomic E-state index is 14.2. The van der Waals surface area contributed by atoms with Crippen LogP contribution in [0, 0.1) is 29.1 Å². The fourth-order valence-corrected chi connectivity index (χ4v) is 7.19. The minimum Gasteiger partial charge on any atom is -0.508 e. The van der Waals surface area contributed by atoms with E-state index in [-0.39, 0.29) is 30.4 Å². The second-order valence-electron chi connectivity index (χ2n) is 10.6. The third kappa shape index (κ3) is 3.07. The van der Waals surface area contributed by atoms with E-state index in [2.05, 4.69) is 0 Å². The molecule has 2 aromatic rings. The molecule has 2 aliphatic heterocycles. The summed E-state index contributed by atoms with van der Waals surface area (Å²) in [4.78, 5) is 68.7. The molecule has 2 saturated heterocycles. The lowest BCUT2D eigenvalue weighted by Gasteiger charge is -2.49. The number of hydrogen-bond donors (Lipinski definition) is 1. The molecule has 38 heavy (non-hydrogen) atoms. The average Bonchev–Trinajstić information content (AvgIpc) is 3.28. The largest absolute Gasteiger partial charge is 0.508 e. The summed E-state index contributed by atoms with van der Waals surface area (Å²) in [5.41, 5.74) is 0.694. The van der Waals surface area contributed by atoms with E-state index in [9.17, 15) is 29.1 Å². The van der Waals surface area contributed by atoms with Crippen molar-refractivity contribution in [2.24, 2.45) is 29.1 Å². The zero-order chi connectivity index (χ0) is 26.9. The molecule has 4 aliphatic rings. The normalized spacial score (nSPS) is 32.1. The van der Waals surface area contributed by atoms with Crippen LogP contribution in [-0.2, 0) is 23.9 Å². The minimum absolute atomic E-state index is 0.0136. The standard InChI is InChI=1S/C29H26N2O7/c1-29-21(25(34)30(27(29)36)16-8-4-3-5-9-16)14-20-18(23(29)15-7-6-10-17(32)13-15)11-12-19-22(20)26(35)31(24(19)33)28(37)38-2/h3-11,13,19-23,32H,12,14H2,1-2H3. The summed E-state index contributed by atoms with van der Waals surface area (Å²) in [5, 5.41) is 10.3. The fraction of sp³-hybridized carbons (Fsp3) is 0.345. The molecule has 0 bridgehead atoms. The number of aromatic hydroxyl groups is 1. The Bertz CT molecular complexity index is 1430. The van der Waals surface area contributed by atoms with Gasteiger partial charge in [0.2, 0.25) is 23.6 Å². The molecule has 6 rings (SSSR count). The Morgan fingerprint density at radius 2 is 1.71 bits per heavy atom. The molecule has 194 valence electrons. The number of para-hydroxylation sites is 1. The first-order valence-corrected chi connectivity index (χ1v) is 12.6. The summed E-state index contributed by atoms with van der Waals surface area (Å²) in [5.74, 6) is -5.49. The third-order valence-electron chi connectivity index (χ3n) is 8.85. The van der Waals surface area contributed by atoms with Crippen molar-refractivity contribution in [1.29, 1.82) is 0 Å². The summed E-state index contributed by atoms with van der Waals surface area (Å²) >= 11 is 0. The first kappa shape index (κ1) is 24.1. The summed E-state index contributed by atoms with van der Waals surface area (Å²) < 4.78 is 4.70. The highest BCUT2D eigenvalue weighted by atomic mass is 16.5. The van der Waals surface area contributed by atoms with Crippen molar-refractivity contribution in [3.63, 3.8) is 0 Å². The van der Waals surface area contributed by atoms with Crippen LogP contribution in [0.4, 0.5) is 10.5 Å². The van der Waals surface area contributed by atoms with Crippen molar-refractivity contribution in [2.75, 3.05) is 12.0 Å². The van der Waals surface area contributed by atoms with Gasteiger partial charge in [-0.25, -0.2) is 9.69 Å². The lowest BCUT2D eigenvalue weighted by molar-refractivity contribution is -0.138. The minimum atomic E-state index is -1.19. The number of imide groups is 4. The van der Waals surface area contributed by atoms with E-state index in [0.29, 0.717) is 16.2 Å². The highest BCUT2D eigenvalue weighted by Gasteiger charge is 2.68. The predicted octanol–water partition coefficient (Wildman–Crippen LogP) is 3.39. The molecule has 6 atom stereocenters. The van der Waals surface area contributed by atoms with E-state index in [1.165, 1.54) is 11.0 Å². The molecular formula is C29H26N2O7. The number of likely N-dealkylation sites (tertiary alicyclic amines) is 1. The van der Waals surface area contributed by atoms with E-state index >= 15 is 0 Å². The van der Waals surface area contributed by atoms with Crippen LogP contribution >= 0.6 is 0 Å². The first-order valence-electron chi connectivity index (χ1n) is 12.6. The average molecular weight is 515 g/mol. The number of benzene rings is 2. The number of allylic oxidation sites excluding steroid dienone is 2. The van der Waals surface area contributed by atoms with Crippen LogP contribution in [0.25, 0.3) is 0 Å². The number of ether oxygens (including phenoxy) is 1. The van der Waals surface area contributed by atoms with Crippen molar-refractivity contribution in [3.05, 3.63) is 71.8 Å². The van der Waals surface area contributed by atoms with Gasteiger partial charge < -0.3 is 9.84 Å². The molecule has 2 heterocycles. The lowest BCUT2D eigenvalue weighted by atomic mass is 9.51. The molecular weight excluding hydrogens is 488 g/mol. The topological polar surface area (TPSA) is 121 Å². The molecule has 1 N–H and O–H groups in total. The van der Waals surface area contributed by atoms with Crippen LogP contribution < -0.4 is 4.90 Å². The summed E-state index contributed by atoms with van der Waals surface area (Å²) in [6.07, 6.45) is 1.26. The van der Waals surface area contributed by atoms with Crippen LogP contribution in [0.2, 0.25) is 0 Å². The number of carbonyl (C=O) groups is 5.